The summed E-state index contributed by atoms with van der Waals surface area (Å²) >= 11 is 9.63. The average Bonchev–Trinajstić information content (AvgIpc) is 2.50. The number of nitrogens with one attached hydrogen (secondary N) is 1. The van der Waals surface area contributed by atoms with Crippen LogP contribution in [-0.2, 0) is 0 Å². The van der Waals surface area contributed by atoms with Crippen molar-refractivity contribution in [3.8, 4) is 11.8 Å². The van der Waals surface area contributed by atoms with Crippen molar-refractivity contribution in [3.05, 3.63) is 45.1 Å². The van der Waals surface area contributed by atoms with Crippen LogP contribution in [0, 0.1) is 0 Å². The molecule has 0 radical (unpaired) electrons. The molecule has 3 N–H and O–H groups in total. The Labute approximate surface area is 135 Å². The third-order valence-electron chi connectivity index (χ3n) is 2.86. The first-order chi connectivity index (χ1) is 10.1. The molecule has 2 rings (SSSR count). The number of hydrogen-bond donors (Lipinski definition) is 2. The van der Waals surface area contributed by atoms with E-state index in [0.29, 0.717) is 22.5 Å². The fourth-order valence-corrected chi connectivity index (χ4v) is 2.65. The fraction of sp³-hybridized carbons (Fsp3) is 0.231. The third-order valence-corrected chi connectivity index (χ3v) is 3.68. The highest BCUT2D eigenvalue weighted by Crippen LogP contribution is 2.33. The molecule has 112 valence electrons. The van der Waals surface area contributed by atoms with Crippen LogP contribution in [0.5, 0.6) is 11.8 Å². The molecule has 0 aliphatic carbocycles. The van der Waals surface area contributed by atoms with E-state index in [9.17, 15) is 0 Å². The van der Waals surface area contributed by atoms with Gasteiger partial charge in [0.25, 0.3) is 0 Å². The van der Waals surface area contributed by atoms with E-state index in [2.05, 4.69) is 31.3 Å². The molecule has 0 spiro atoms. The van der Waals surface area contributed by atoms with Crippen molar-refractivity contribution < 1.29 is 9.47 Å². The molecule has 8 heteroatoms. The summed E-state index contributed by atoms with van der Waals surface area (Å²) in [6.07, 6.45) is 1.49. The second-order valence-corrected chi connectivity index (χ2v) is 5.40. The minimum atomic E-state index is -0.459. The molecule has 0 aliphatic heterocycles. The van der Waals surface area contributed by atoms with Gasteiger partial charge in [-0.1, -0.05) is 33.6 Å². The first-order valence-electron chi connectivity index (χ1n) is 5.96. The zero-order valence-corrected chi connectivity index (χ0v) is 13.8. The van der Waals surface area contributed by atoms with Gasteiger partial charge in [0, 0.05) is 9.50 Å². The minimum Gasteiger partial charge on any atom is -0.480 e. The number of methoxy groups -OCH3 is 2. The topological polar surface area (TPSA) is 82.3 Å². The largest absolute Gasteiger partial charge is 0.480 e. The number of halogens is 2. The first kappa shape index (κ1) is 16.0. The number of hydrazine groups is 1. The zero-order chi connectivity index (χ0) is 15.4. The van der Waals surface area contributed by atoms with Crippen molar-refractivity contribution in [1.82, 2.24) is 15.4 Å². The Morgan fingerprint density at radius 1 is 1.33 bits per heavy atom. The van der Waals surface area contributed by atoms with E-state index in [-0.39, 0.29) is 0 Å². The molecule has 1 atom stereocenters. The SMILES string of the molecule is COc1cnc(C(NN)c2ccc(Br)cc2Cl)c(OC)n1. The van der Waals surface area contributed by atoms with Gasteiger partial charge in [-0.3, -0.25) is 5.84 Å². The Morgan fingerprint density at radius 2 is 2.10 bits per heavy atom. The normalized spacial score (nSPS) is 12.0. The summed E-state index contributed by atoms with van der Waals surface area (Å²) in [5.74, 6) is 6.33. The maximum absolute atomic E-state index is 6.27. The van der Waals surface area contributed by atoms with Gasteiger partial charge < -0.3 is 9.47 Å². The molecular formula is C13H14BrClN4O2. The average molecular weight is 374 g/mol. The number of hydrogen-bond acceptors (Lipinski definition) is 6. The zero-order valence-electron chi connectivity index (χ0n) is 11.4. The summed E-state index contributed by atoms with van der Waals surface area (Å²) in [7, 11) is 3.01. The molecule has 2 aromatic rings. The highest BCUT2D eigenvalue weighted by Gasteiger charge is 2.22. The number of nitrogens with two attached hydrogens (primary N) is 1. The second kappa shape index (κ2) is 7.04. The number of benzene rings is 1. The van der Waals surface area contributed by atoms with Gasteiger partial charge in [-0.05, 0) is 17.7 Å². The van der Waals surface area contributed by atoms with Gasteiger partial charge in [0.2, 0.25) is 11.8 Å². The molecule has 0 amide bonds. The number of nitrogens with zero attached hydrogens (tertiary/aromatic N) is 2. The van der Waals surface area contributed by atoms with Crippen LogP contribution in [0.1, 0.15) is 17.3 Å². The van der Waals surface area contributed by atoms with Gasteiger partial charge in [-0.25, -0.2) is 10.4 Å². The summed E-state index contributed by atoms with van der Waals surface area (Å²) in [6, 6.07) is 5.04. The lowest BCUT2D eigenvalue weighted by molar-refractivity contribution is 0.352. The van der Waals surface area contributed by atoms with E-state index in [0.717, 1.165) is 10.0 Å². The molecular weight excluding hydrogens is 360 g/mol. The first-order valence-corrected chi connectivity index (χ1v) is 7.13. The van der Waals surface area contributed by atoms with E-state index in [1.54, 1.807) is 6.07 Å². The monoisotopic (exact) mass is 372 g/mol. The summed E-state index contributed by atoms with van der Waals surface area (Å²) in [5.41, 5.74) is 3.97. The summed E-state index contributed by atoms with van der Waals surface area (Å²) in [5, 5.41) is 0.548. The molecule has 0 bridgehead atoms. The van der Waals surface area contributed by atoms with Crippen molar-refractivity contribution in [2.75, 3.05) is 14.2 Å². The lowest BCUT2D eigenvalue weighted by Crippen LogP contribution is -2.30. The van der Waals surface area contributed by atoms with Gasteiger partial charge in [0.1, 0.15) is 5.69 Å². The summed E-state index contributed by atoms with van der Waals surface area (Å²) in [4.78, 5) is 8.50. The third kappa shape index (κ3) is 3.44. The molecule has 0 saturated carbocycles. The number of ether oxygens (including phenoxy) is 2. The predicted octanol–water partition coefficient (Wildman–Crippen LogP) is 2.46. The second-order valence-electron chi connectivity index (χ2n) is 4.07. The van der Waals surface area contributed by atoms with Crippen molar-refractivity contribution in [1.29, 1.82) is 0 Å². The van der Waals surface area contributed by atoms with Crippen LogP contribution in [-0.4, -0.2) is 24.2 Å². The quantitative estimate of drug-likeness (QED) is 0.619. The predicted molar refractivity (Wildman–Crippen MR) is 83.5 cm³/mol. The van der Waals surface area contributed by atoms with Crippen molar-refractivity contribution in [3.63, 3.8) is 0 Å². The molecule has 21 heavy (non-hydrogen) atoms. The van der Waals surface area contributed by atoms with Crippen LogP contribution in [0.3, 0.4) is 0 Å². The van der Waals surface area contributed by atoms with Crippen LogP contribution < -0.4 is 20.7 Å². The Morgan fingerprint density at radius 3 is 2.67 bits per heavy atom. The highest BCUT2D eigenvalue weighted by molar-refractivity contribution is 9.10. The van der Waals surface area contributed by atoms with Gasteiger partial charge in [0.05, 0.1) is 26.5 Å². The van der Waals surface area contributed by atoms with Crippen LogP contribution in [0.2, 0.25) is 5.02 Å². The molecule has 1 heterocycles. The maximum atomic E-state index is 6.27. The molecule has 6 nitrogen and oxygen atoms in total. The van der Waals surface area contributed by atoms with Crippen LogP contribution in [0.4, 0.5) is 0 Å². The van der Waals surface area contributed by atoms with Crippen LogP contribution >= 0.6 is 27.5 Å². The smallest absolute Gasteiger partial charge is 0.240 e. The molecule has 1 aromatic carbocycles. The van der Waals surface area contributed by atoms with Crippen LogP contribution in [0.15, 0.2) is 28.9 Å². The van der Waals surface area contributed by atoms with Crippen molar-refractivity contribution >= 4 is 27.5 Å². The summed E-state index contributed by atoms with van der Waals surface area (Å²) < 4.78 is 11.2. The highest BCUT2D eigenvalue weighted by atomic mass is 79.9. The lowest BCUT2D eigenvalue weighted by Gasteiger charge is -2.19. The van der Waals surface area contributed by atoms with Gasteiger partial charge in [0.15, 0.2) is 0 Å². The Hall–Kier alpha value is -1.41. The minimum absolute atomic E-state index is 0.316. The van der Waals surface area contributed by atoms with Gasteiger partial charge in [-0.2, -0.15) is 4.98 Å². The Bertz CT molecular complexity index is 642. The van der Waals surface area contributed by atoms with E-state index in [1.807, 2.05) is 12.1 Å². The van der Waals surface area contributed by atoms with E-state index in [4.69, 9.17) is 26.9 Å². The maximum Gasteiger partial charge on any atom is 0.240 e. The standard InChI is InChI=1S/C13H14BrClN4O2/c1-20-10-6-17-12(13(18-10)21-2)11(19-16)8-4-3-7(14)5-9(8)15/h3-6,11,19H,16H2,1-2H3. The van der Waals surface area contributed by atoms with Crippen LogP contribution in [0.25, 0.3) is 0 Å². The van der Waals surface area contributed by atoms with Crippen molar-refractivity contribution in [2.24, 2.45) is 5.84 Å². The molecule has 0 aliphatic rings. The number of aromatic nitrogens is 2. The molecule has 0 fully saturated rings. The van der Waals surface area contributed by atoms with Gasteiger partial charge >= 0.3 is 0 Å². The number of rotatable bonds is 5. The van der Waals surface area contributed by atoms with E-state index >= 15 is 0 Å². The Balaban J connectivity index is 2.50. The molecule has 1 aromatic heterocycles. The van der Waals surface area contributed by atoms with Gasteiger partial charge in [-0.15, -0.1) is 0 Å². The van der Waals surface area contributed by atoms with E-state index in [1.165, 1.54) is 20.4 Å². The lowest BCUT2D eigenvalue weighted by atomic mass is 10.0. The molecule has 0 saturated heterocycles. The molecule has 1 unspecified atom stereocenters. The van der Waals surface area contributed by atoms with Crippen molar-refractivity contribution in [2.45, 2.75) is 6.04 Å². The fourth-order valence-electron chi connectivity index (χ4n) is 1.86. The van der Waals surface area contributed by atoms with E-state index < -0.39 is 6.04 Å². The summed E-state index contributed by atoms with van der Waals surface area (Å²) in [6.45, 7) is 0. The Kier molecular flexibility index (Phi) is 5.35.